The summed E-state index contributed by atoms with van der Waals surface area (Å²) < 4.78 is 0. The van der Waals surface area contributed by atoms with Gasteiger partial charge in [0.15, 0.2) is 5.41 Å². The molecule has 1 fully saturated rings. The van der Waals surface area contributed by atoms with Crippen LogP contribution in [0.25, 0.3) is 0 Å². The predicted octanol–water partition coefficient (Wildman–Crippen LogP) is 1.55. The molecule has 1 saturated heterocycles. The Bertz CT molecular complexity index is 359. The van der Waals surface area contributed by atoms with Crippen LogP contribution >= 0.6 is 0 Å². The molecule has 0 aromatic heterocycles. The van der Waals surface area contributed by atoms with Crippen LogP contribution in [-0.2, 0) is 14.4 Å². The van der Waals surface area contributed by atoms with Crippen LogP contribution in [0, 0.1) is 5.41 Å². The van der Waals surface area contributed by atoms with Crippen molar-refractivity contribution in [3.63, 3.8) is 0 Å². The number of urea groups is 1. The second-order valence-electron chi connectivity index (χ2n) is 4.22. The number of imide groups is 1. The Morgan fingerprint density at radius 3 is 2.00 bits per heavy atom. The summed E-state index contributed by atoms with van der Waals surface area (Å²) in [6.07, 6.45) is 0.673. The van der Waals surface area contributed by atoms with Gasteiger partial charge in [0.1, 0.15) is 0 Å². The van der Waals surface area contributed by atoms with E-state index >= 15 is 0 Å². The van der Waals surface area contributed by atoms with Gasteiger partial charge in [-0.15, -0.1) is 0 Å². The van der Waals surface area contributed by atoms with Gasteiger partial charge in [-0.2, -0.15) is 0 Å². The van der Waals surface area contributed by atoms with Crippen LogP contribution in [0.5, 0.6) is 0 Å². The van der Waals surface area contributed by atoms with Gasteiger partial charge in [0.25, 0.3) is 5.91 Å². The van der Waals surface area contributed by atoms with Crippen molar-refractivity contribution in [1.82, 2.24) is 9.96 Å². The normalized spacial score (nSPS) is 17.9. The Kier molecular flexibility index (Phi) is 4.32. The summed E-state index contributed by atoms with van der Waals surface area (Å²) in [5.74, 6) is -1.17. The summed E-state index contributed by atoms with van der Waals surface area (Å²) in [4.78, 5) is 42.4. The summed E-state index contributed by atoms with van der Waals surface area (Å²) in [6, 6.07) is -0.567. The topological polar surface area (TPSA) is 66.9 Å². The van der Waals surface area contributed by atoms with Crippen molar-refractivity contribution in [2.45, 2.75) is 40.5 Å². The predicted molar refractivity (Wildman–Crippen MR) is 64.3 cm³/mol. The molecule has 0 saturated carbocycles. The van der Waals surface area contributed by atoms with Gasteiger partial charge in [0.05, 0.1) is 0 Å². The summed E-state index contributed by atoms with van der Waals surface area (Å²) in [7, 11) is 0. The highest BCUT2D eigenvalue weighted by molar-refractivity contribution is 6.12. The molecule has 0 spiro atoms. The van der Waals surface area contributed by atoms with Crippen LogP contribution in [-0.4, -0.2) is 41.0 Å². The van der Waals surface area contributed by atoms with E-state index in [4.69, 9.17) is 4.84 Å². The minimum Gasteiger partial charge on any atom is -0.328 e. The van der Waals surface area contributed by atoms with Gasteiger partial charge in [-0.1, -0.05) is 18.9 Å². The smallest absolute Gasteiger partial charge is 0.328 e. The van der Waals surface area contributed by atoms with E-state index in [0.717, 1.165) is 0 Å². The number of hydroxylamine groups is 2. The highest BCUT2D eigenvalue weighted by atomic mass is 16.7. The van der Waals surface area contributed by atoms with Crippen LogP contribution < -0.4 is 0 Å². The maximum Gasteiger partial charge on any atom is 0.360 e. The van der Waals surface area contributed by atoms with Gasteiger partial charge < -0.3 is 9.74 Å². The van der Waals surface area contributed by atoms with E-state index in [9.17, 15) is 14.4 Å². The largest absolute Gasteiger partial charge is 0.360 e. The molecule has 0 N–H and O–H groups in total. The Balaban J connectivity index is 2.99. The molecule has 1 rings (SSSR count). The monoisotopic (exact) mass is 256 g/mol. The van der Waals surface area contributed by atoms with Crippen molar-refractivity contribution < 1.29 is 19.2 Å². The number of carbonyl (C=O) groups excluding carboxylic acids is 3. The van der Waals surface area contributed by atoms with Crippen molar-refractivity contribution in [3.05, 3.63) is 0 Å². The van der Waals surface area contributed by atoms with Crippen molar-refractivity contribution in [1.29, 1.82) is 0 Å². The number of hydrogen-bond donors (Lipinski definition) is 0. The van der Waals surface area contributed by atoms with E-state index in [2.05, 4.69) is 0 Å². The van der Waals surface area contributed by atoms with Crippen LogP contribution in [0.4, 0.5) is 4.79 Å². The third-order valence-corrected chi connectivity index (χ3v) is 3.57. The number of hydrogen-bond acceptors (Lipinski definition) is 4. The third-order valence-electron chi connectivity index (χ3n) is 3.57. The molecular weight excluding hydrogens is 236 g/mol. The number of amides is 3. The van der Waals surface area contributed by atoms with Crippen LogP contribution in [0.1, 0.15) is 40.5 Å². The molecule has 1 aliphatic heterocycles. The molecule has 0 unspecified atom stereocenters. The van der Waals surface area contributed by atoms with Gasteiger partial charge in [-0.25, -0.2) is 9.59 Å². The third kappa shape index (κ3) is 1.95. The van der Waals surface area contributed by atoms with Gasteiger partial charge in [0.2, 0.25) is 0 Å². The van der Waals surface area contributed by atoms with E-state index in [-0.39, 0.29) is 0 Å². The van der Waals surface area contributed by atoms with E-state index in [1.165, 1.54) is 4.90 Å². The Labute approximate surface area is 107 Å². The van der Waals surface area contributed by atoms with Crippen LogP contribution in [0.15, 0.2) is 0 Å². The van der Waals surface area contributed by atoms with E-state index in [1.807, 2.05) is 0 Å². The van der Waals surface area contributed by atoms with Crippen LogP contribution in [0.2, 0.25) is 0 Å². The number of rotatable bonds is 4. The van der Waals surface area contributed by atoms with E-state index in [0.29, 0.717) is 31.0 Å². The average molecular weight is 256 g/mol. The van der Waals surface area contributed by atoms with Gasteiger partial charge >= 0.3 is 12.0 Å². The fourth-order valence-corrected chi connectivity index (χ4v) is 2.08. The Morgan fingerprint density at radius 2 is 1.67 bits per heavy atom. The second-order valence-corrected chi connectivity index (χ2v) is 4.22. The molecule has 6 nitrogen and oxygen atoms in total. The zero-order valence-electron chi connectivity index (χ0n) is 11.4. The molecule has 0 bridgehead atoms. The van der Waals surface area contributed by atoms with Crippen molar-refractivity contribution in [2.24, 2.45) is 5.41 Å². The molecule has 0 aliphatic carbocycles. The quantitative estimate of drug-likeness (QED) is 0.716. The minimum atomic E-state index is -1.19. The van der Waals surface area contributed by atoms with E-state index in [1.54, 1.807) is 27.7 Å². The summed E-state index contributed by atoms with van der Waals surface area (Å²) in [6.45, 7) is 8.01. The average Bonchev–Trinajstić information content (AvgIpc) is 2.63. The number of carbonyl (C=O) groups is 3. The SMILES string of the molecule is CCN(CC)C(=O)N1OC(=O)C(CC)(CC)C1=O. The first-order chi connectivity index (χ1) is 8.48. The fourth-order valence-electron chi connectivity index (χ4n) is 2.08. The first-order valence-electron chi connectivity index (χ1n) is 6.34. The lowest BCUT2D eigenvalue weighted by molar-refractivity contribution is -0.169. The second kappa shape index (κ2) is 5.37. The van der Waals surface area contributed by atoms with Crippen molar-refractivity contribution >= 4 is 17.9 Å². The fraction of sp³-hybridized carbons (Fsp3) is 0.750. The minimum absolute atomic E-state index is 0.337. The molecule has 0 aromatic rings. The standard InChI is InChI=1S/C12H20N2O4/c1-5-12(6-2)9(15)14(18-10(12)16)11(17)13(7-3)8-4/h5-8H2,1-4H3. The summed E-state index contributed by atoms with van der Waals surface area (Å²) >= 11 is 0. The molecule has 3 amide bonds. The summed E-state index contributed by atoms with van der Waals surface area (Å²) in [5, 5.41) is 0.613. The molecule has 18 heavy (non-hydrogen) atoms. The zero-order valence-corrected chi connectivity index (χ0v) is 11.4. The summed E-state index contributed by atoms with van der Waals surface area (Å²) in [5.41, 5.74) is -1.19. The lowest BCUT2D eigenvalue weighted by atomic mass is 9.82. The highest BCUT2D eigenvalue weighted by Gasteiger charge is 2.57. The first kappa shape index (κ1) is 14.5. The Morgan fingerprint density at radius 1 is 1.17 bits per heavy atom. The Hall–Kier alpha value is -1.59. The van der Waals surface area contributed by atoms with Gasteiger partial charge in [-0.05, 0) is 26.7 Å². The lowest BCUT2D eigenvalue weighted by Crippen LogP contribution is -2.45. The zero-order chi connectivity index (χ0) is 13.9. The molecule has 0 radical (unpaired) electrons. The first-order valence-corrected chi connectivity index (χ1v) is 6.34. The molecule has 1 aliphatic rings. The van der Waals surface area contributed by atoms with Gasteiger partial charge in [0, 0.05) is 13.1 Å². The molecule has 0 aromatic carbocycles. The molecule has 6 heteroatoms. The van der Waals surface area contributed by atoms with Crippen LogP contribution in [0.3, 0.4) is 0 Å². The molecular formula is C12H20N2O4. The van der Waals surface area contributed by atoms with Crippen molar-refractivity contribution in [3.8, 4) is 0 Å². The highest BCUT2D eigenvalue weighted by Crippen LogP contribution is 2.36. The van der Waals surface area contributed by atoms with E-state index < -0.39 is 23.3 Å². The molecule has 0 atom stereocenters. The molecule has 1 heterocycles. The van der Waals surface area contributed by atoms with Crippen molar-refractivity contribution in [2.75, 3.05) is 13.1 Å². The lowest BCUT2D eigenvalue weighted by Gasteiger charge is -2.23. The molecule has 102 valence electrons. The number of nitrogens with zero attached hydrogens (tertiary/aromatic N) is 2. The maximum atomic E-state index is 12.2. The van der Waals surface area contributed by atoms with Gasteiger partial charge in [-0.3, -0.25) is 4.79 Å². The maximum absolute atomic E-state index is 12.2.